The summed E-state index contributed by atoms with van der Waals surface area (Å²) in [4.78, 5) is 0. The lowest BCUT2D eigenvalue weighted by molar-refractivity contribution is -0.0520. The predicted molar refractivity (Wildman–Crippen MR) is 97.1 cm³/mol. The molecule has 0 aliphatic heterocycles. The molecule has 0 bridgehead atoms. The lowest BCUT2D eigenvalue weighted by atomic mass is 9.64. The molecule has 27 heavy (non-hydrogen) atoms. The average Bonchev–Trinajstić information content (AvgIpc) is 2.62. The standard InChI is InChI=1S/C22H24F4O/c1-12-2-3-14-7-15(5-4-13(14)6-12)16-8-17-10-20(24)21(27-22(25)26)11-18(17)19(23)9-16/h8-15,22H,2-7H2,1H3. The molecule has 0 aromatic heterocycles. The van der Waals surface area contributed by atoms with Crippen molar-refractivity contribution in [2.24, 2.45) is 17.8 Å². The molecule has 4 rings (SSSR count). The molecular formula is C22H24F4O. The van der Waals surface area contributed by atoms with E-state index in [0.29, 0.717) is 11.3 Å². The van der Waals surface area contributed by atoms with Crippen LogP contribution in [0.25, 0.3) is 10.8 Å². The molecule has 2 fully saturated rings. The third-order valence-electron chi connectivity index (χ3n) is 6.54. The maximum Gasteiger partial charge on any atom is 0.387 e. The molecule has 2 aliphatic carbocycles. The minimum atomic E-state index is -3.15. The van der Waals surface area contributed by atoms with Crippen LogP contribution < -0.4 is 4.74 Å². The van der Waals surface area contributed by atoms with E-state index in [1.165, 1.54) is 25.3 Å². The molecule has 146 valence electrons. The van der Waals surface area contributed by atoms with Crippen molar-refractivity contribution in [3.63, 3.8) is 0 Å². The smallest absolute Gasteiger partial charge is 0.387 e. The monoisotopic (exact) mass is 380 g/mol. The van der Waals surface area contributed by atoms with Crippen LogP contribution in [0, 0.1) is 29.4 Å². The van der Waals surface area contributed by atoms with E-state index in [2.05, 4.69) is 11.7 Å². The minimum Gasteiger partial charge on any atom is -0.432 e. The number of fused-ring (bicyclic) bond motifs is 2. The molecule has 2 aromatic carbocycles. The van der Waals surface area contributed by atoms with Crippen molar-refractivity contribution in [1.82, 2.24) is 0 Å². The highest BCUT2D eigenvalue weighted by molar-refractivity contribution is 5.85. The molecule has 1 nitrogen and oxygen atoms in total. The Labute approximate surface area is 156 Å². The van der Waals surface area contributed by atoms with Crippen LogP contribution in [-0.2, 0) is 0 Å². The van der Waals surface area contributed by atoms with Gasteiger partial charge >= 0.3 is 6.61 Å². The Morgan fingerprint density at radius 2 is 1.63 bits per heavy atom. The Kier molecular flexibility index (Phi) is 5.04. The largest absolute Gasteiger partial charge is 0.432 e. The quantitative estimate of drug-likeness (QED) is 0.519. The summed E-state index contributed by atoms with van der Waals surface area (Å²) in [5.74, 6) is 0.512. The maximum atomic E-state index is 14.7. The Morgan fingerprint density at radius 1 is 0.889 bits per heavy atom. The minimum absolute atomic E-state index is 0.107. The highest BCUT2D eigenvalue weighted by atomic mass is 19.3. The van der Waals surface area contributed by atoms with Gasteiger partial charge in [0.15, 0.2) is 11.6 Å². The van der Waals surface area contributed by atoms with Gasteiger partial charge in [-0.15, -0.1) is 0 Å². The highest BCUT2D eigenvalue weighted by Crippen LogP contribution is 2.48. The van der Waals surface area contributed by atoms with Gasteiger partial charge in [-0.2, -0.15) is 8.78 Å². The molecule has 5 heteroatoms. The van der Waals surface area contributed by atoms with Crippen molar-refractivity contribution in [3.05, 3.63) is 41.5 Å². The van der Waals surface area contributed by atoms with Gasteiger partial charge in [0.05, 0.1) is 0 Å². The van der Waals surface area contributed by atoms with Gasteiger partial charge in [-0.3, -0.25) is 0 Å². The molecule has 4 unspecified atom stereocenters. The zero-order valence-electron chi connectivity index (χ0n) is 15.4. The molecular weight excluding hydrogens is 356 g/mol. The summed E-state index contributed by atoms with van der Waals surface area (Å²) in [5, 5.41) is 0.500. The van der Waals surface area contributed by atoms with Crippen molar-refractivity contribution in [2.75, 3.05) is 0 Å². The van der Waals surface area contributed by atoms with Crippen molar-refractivity contribution in [1.29, 1.82) is 0 Å². The molecule has 2 saturated carbocycles. The lowest BCUT2D eigenvalue weighted by Crippen LogP contribution is -2.29. The van der Waals surface area contributed by atoms with Gasteiger partial charge in [0.25, 0.3) is 0 Å². The van der Waals surface area contributed by atoms with E-state index < -0.39 is 24.0 Å². The maximum absolute atomic E-state index is 14.7. The number of hydrogen-bond acceptors (Lipinski definition) is 1. The Bertz CT molecular complexity index is 835. The number of benzene rings is 2. The topological polar surface area (TPSA) is 9.23 Å². The van der Waals surface area contributed by atoms with Gasteiger partial charge in [0, 0.05) is 5.39 Å². The molecule has 2 aliphatic rings. The fourth-order valence-electron chi connectivity index (χ4n) is 5.19. The van der Waals surface area contributed by atoms with Crippen molar-refractivity contribution >= 4 is 10.8 Å². The van der Waals surface area contributed by atoms with E-state index in [-0.39, 0.29) is 11.3 Å². The lowest BCUT2D eigenvalue weighted by Gasteiger charge is -2.41. The van der Waals surface area contributed by atoms with Gasteiger partial charge in [-0.05, 0) is 84.9 Å². The molecule has 2 aromatic rings. The highest BCUT2D eigenvalue weighted by Gasteiger charge is 2.35. The fraction of sp³-hybridized carbons (Fsp3) is 0.545. The van der Waals surface area contributed by atoms with E-state index in [9.17, 15) is 17.6 Å². The molecule has 0 radical (unpaired) electrons. The van der Waals surface area contributed by atoms with Gasteiger partial charge in [-0.25, -0.2) is 8.78 Å². The molecule has 0 N–H and O–H groups in total. The number of ether oxygens (including phenoxy) is 1. The zero-order valence-corrected chi connectivity index (χ0v) is 15.4. The Balaban J connectivity index is 1.61. The van der Waals surface area contributed by atoms with Crippen LogP contribution in [0.2, 0.25) is 0 Å². The first-order chi connectivity index (χ1) is 12.9. The summed E-state index contributed by atoms with van der Waals surface area (Å²) in [7, 11) is 0. The first kappa shape index (κ1) is 18.6. The molecule has 0 saturated heterocycles. The van der Waals surface area contributed by atoms with E-state index >= 15 is 0 Å². The normalized spacial score (nSPS) is 28.4. The van der Waals surface area contributed by atoms with Crippen LogP contribution in [0.1, 0.15) is 56.9 Å². The summed E-state index contributed by atoms with van der Waals surface area (Å²) in [6, 6.07) is 5.41. The molecule has 0 heterocycles. The zero-order chi connectivity index (χ0) is 19.1. The van der Waals surface area contributed by atoms with Gasteiger partial charge < -0.3 is 4.74 Å². The van der Waals surface area contributed by atoms with E-state index in [0.717, 1.165) is 48.8 Å². The number of alkyl halides is 2. The second-order valence-electron chi connectivity index (χ2n) is 8.33. The van der Waals surface area contributed by atoms with Gasteiger partial charge in [0.1, 0.15) is 5.82 Å². The van der Waals surface area contributed by atoms with Gasteiger partial charge in [0.2, 0.25) is 0 Å². The average molecular weight is 380 g/mol. The van der Waals surface area contributed by atoms with Crippen LogP contribution in [0.4, 0.5) is 17.6 Å². The van der Waals surface area contributed by atoms with Crippen LogP contribution in [0.5, 0.6) is 5.75 Å². The number of rotatable bonds is 3. The van der Waals surface area contributed by atoms with Crippen LogP contribution in [-0.4, -0.2) is 6.61 Å². The van der Waals surface area contributed by atoms with E-state index in [1.54, 1.807) is 0 Å². The fourth-order valence-corrected chi connectivity index (χ4v) is 5.19. The summed E-state index contributed by atoms with van der Waals surface area (Å²) >= 11 is 0. The first-order valence-corrected chi connectivity index (χ1v) is 9.78. The summed E-state index contributed by atoms with van der Waals surface area (Å²) < 4.78 is 57.7. The second kappa shape index (κ2) is 7.33. The molecule has 4 atom stereocenters. The molecule has 0 amide bonds. The van der Waals surface area contributed by atoms with Crippen molar-refractivity contribution < 1.29 is 22.3 Å². The van der Waals surface area contributed by atoms with E-state index in [4.69, 9.17) is 0 Å². The summed E-state index contributed by atoms with van der Waals surface area (Å²) in [6.07, 6.45) is 7.03. The second-order valence-corrected chi connectivity index (χ2v) is 8.33. The van der Waals surface area contributed by atoms with Crippen molar-refractivity contribution in [2.45, 2.75) is 58.0 Å². The van der Waals surface area contributed by atoms with Crippen LogP contribution >= 0.6 is 0 Å². The van der Waals surface area contributed by atoms with Crippen molar-refractivity contribution in [3.8, 4) is 5.75 Å². The van der Waals surface area contributed by atoms with Gasteiger partial charge in [-0.1, -0.05) is 19.4 Å². The molecule has 0 spiro atoms. The van der Waals surface area contributed by atoms with Crippen LogP contribution in [0.15, 0.2) is 24.3 Å². The SMILES string of the molecule is CC1CCC2CC(c3cc(F)c4cc(OC(F)F)c(F)cc4c3)CCC2C1. The summed E-state index contributed by atoms with van der Waals surface area (Å²) in [6.45, 7) is -0.825. The first-order valence-electron chi connectivity index (χ1n) is 9.78. The summed E-state index contributed by atoms with van der Waals surface area (Å²) in [5.41, 5.74) is 0.888. The van der Waals surface area contributed by atoms with E-state index in [1.807, 2.05) is 6.07 Å². The Hall–Kier alpha value is -1.78. The third-order valence-corrected chi connectivity index (χ3v) is 6.54. The number of hydrogen-bond donors (Lipinski definition) is 0. The Morgan fingerprint density at radius 3 is 2.41 bits per heavy atom. The number of halogens is 4. The predicted octanol–water partition coefficient (Wildman–Crippen LogP) is 7.04. The third kappa shape index (κ3) is 3.78. The van der Waals surface area contributed by atoms with Crippen LogP contribution in [0.3, 0.4) is 0 Å².